The molecule has 1 aromatic carbocycles. The molecule has 0 bridgehead atoms. The van der Waals surface area contributed by atoms with E-state index in [1.54, 1.807) is 24.3 Å². The molecule has 3 heteroatoms. The standard InChI is InChI=1S/C11H11NO2/c1-2-10(11(13)14)9-5-3-4-8(6-9)7-12/h3-6,10H,2H2,1H3,(H,13,14). The number of carboxylic acid groups (broad SMARTS) is 1. The average Bonchev–Trinajstić information content (AvgIpc) is 2.19. The number of carboxylic acids is 1. The second-order valence-electron chi connectivity index (χ2n) is 3.04. The van der Waals surface area contributed by atoms with Gasteiger partial charge in [0.15, 0.2) is 0 Å². The number of carbonyl (C=O) groups is 1. The third-order valence-electron chi connectivity index (χ3n) is 2.12. The Hall–Kier alpha value is -1.82. The van der Waals surface area contributed by atoms with Crippen LogP contribution >= 0.6 is 0 Å². The Morgan fingerprint density at radius 3 is 2.86 bits per heavy atom. The van der Waals surface area contributed by atoms with Crippen molar-refractivity contribution in [2.24, 2.45) is 0 Å². The number of rotatable bonds is 3. The van der Waals surface area contributed by atoms with Crippen molar-refractivity contribution in [3.8, 4) is 6.07 Å². The van der Waals surface area contributed by atoms with Crippen LogP contribution in [-0.2, 0) is 4.79 Å². The molecule has 1 rings (SSSR count). The fraction of sp³-hybridized carbons (Fsp3) is 0.273. The molecular formula is C11H11NO2. The van der Waals surface area contributed by atoms with Crippen molar-refractivity contribution >= 4 is 5.97 Å². The lowest BCUT2D eigenvalue weighted by molar-refractivity contribution is -0.138. The van der Waals surface area contributed by atoms with E-state index in [0.717, 1.165) is 0 Å². The molecule has 0 spiro atoms. The molecule has 3 nitrogen and oxygen atoms in total. The summed E-state index contributed by atoms with van der Waals surface area (Å²) in [6.07, 6.45) is 0.532. The van der Waals surface area contributed by atoms with Crippen molar-refractivity contribution in [3.05, 3.63) is 35.4 Å². The van der Waals surface area contributed by atoms with Gasteiger partial charge in [-0.15, -0.1) is 0 Å². The molecule has 0 aliphatic heterocycles. The number of benzene rings is 1. The molecule has 0 fully saturated rings. The molecule has 0 aromatic heterocycles. The summed E-state index contributed by atoms with van der Waals surface area (Å²) in [5, 5.41) is 17.6. The second-order valence-corrected chi connectivity index (χ2v) is 3.04. The molecule has 0 saturated carbocycles. The zero-order chi connectivity index (χ0) is 10.6. The fourth-order valence-electron chi connectivity index (χ4n) is 1.38. The van der Waals surface area contributed by atoms with Gasteiger partial charge in [-0.25, -0.2) is 0 Å². The number of nitriles is 1. The maximum Gasteiger partial charge on any atom is 0.310 e. The van der Waals surface area contributed by atoms with Crippen LogP contribution in [0.5, 0.6) is 0 Å². The lowest BCUT2D eigenvalue weighted by Gasteiger charge is -2.09. The smallest absolute Gasteiger partial charge is 0.310 e. The van der Waals surface area contributed by atoms with Gasteiger partial charge in [0.05, 0.1) is 17.6 Å². The van der Waals surface area contributed by atoms with Crippen molar-refractivity contribution in [1.29, 1.82) is 5.26 Å². The van der Waals surface area contributed by atoms with Gasteiger partial charge < -0.3 is 5.11 Å². The molecule has 0 heterocycles. The summed E-state index contributed by atoms with van der Waals surface area (Å²) < 4.78 is 0. The van der Waals surface area contributed by atoms with E-state index in [4.69, 9.17) is 10.4 Å². The predicted octanol–water partition coefficient (Wildman–Crippen LogP) is 2.14. The minimum Gasteiger partial charge on any atom is -0.481 e. The first-order valence-corrected chi connectivity index (χ1v) is 4.42. The average molecular weight is 189 g/mol. The van der Waals surface area contributed by atoms with Crippen LogP contribution in [-0.4, -0.2) is 11.1 Å². The van der Waals surface area contributed by atoms with Crippen molar-refractivity contribution in [2.45, 2.75) is 19.3 Å². The zero-order valence-corrected chi connectivity index (χ0v) is 7.90. The van der Waals surface area contributed by atoms with E-state index >= 15 is 0 Å². The van der Waals surface area contributed by atoms with E-state index in [9.17, 15) is 4.79 Å². The number of nitrogens with zero attached hydrogens (tertiary/aromatic N) is 1. The zero-order valence-electron chi connectivity index (χ0n) is 7.90. The van der Waals surface area contributed by atoms with Crippen LogP contribution in [0.4, 0.5) is 0 Å². The molecule has 0 aliphatic carbocycles. The molecule has 1 unspecified atom stereocenters. The first-order chi connectivity index (χ1) is 6.69. The first kappa shape index (κ1) is 10.3. The van der Waals surface area contributed by atoms with Crippen LogP contribution in [0.1, 0.15) is 30.4 Å². The van der Waals surface area contributed by atoms with Gasteiger partial charge in [0.1, 0.15) is 0 Å². The van der Waals surface area contributed by atoms with Crippen LogP contribution in [0.3, 0.4) is 0 Å². The molecule has 72 valence electrons. The van der Waals surface area contributed by atoms with E-state index in [1.807, 2.05) is 13.0 Å². The van der Waals surface area contributed by atoms with Crippen molar-refractivity contribution in [3.63, 3.8) is 0 Å². The number of hydrogen-bond acceptors (Lipinski definition) is 2. The topological polar surface area (TPSA) is 61.1 Å². The highest BCUT2D eigenvalue weighted by Crippen LogP contribution is 2.20. The van der Waals surface area contributed by atoms with E-state index in [0.29, 0.717) is 17.5 Å². The predicted molar refractivity (Wildman–Crippen MR) is 51.8 cm³/mol. The number of hydrogen-bond donors (Lipinski definition) is 1. The monoisotopic (exact) mass is 189 g/mol. The van der Waals surface area contributed by atoms with Crippen molar-refractivity contribution < 1.29 is 9.90 Å². The molecule has 0 saturated heterocycles. The van der Waals surface area contributed by atoms with Crippen LogP contribution in [0.2, 0.25) is 0 Å². The van der Waals surface area contributed by atoms with Crippen molar-refractivity contribution in [2.75, 3.05) is 0 Å². The molecule has 0 radical (unpaired) electrons. The molecule has 0 amide bonds. The summed E-state index contributed by atoms with van der Waals surface area (Å²) in [6, 6.07) is 8.73. The fourth-order valence-corrected chi connectivity index (χ4v) is 1.38. The molecule has 1 atom stereocenters. The number of aliphatic carboxylic acids is 1. The Bertz CT molecular complexity index is 379. The Kier molecular flexibility index (Phi) is 3.24. The Morgan fingerprint density at radius 2 is 2.36 bits per heavy atom. The maximum absolute atomic E-state index is 10.8. The Morgan fingerprint density at radius 1 is 1.64 bits per heavy atom. The first-order valence-electron chi connectivity index (χ1n) is 4.42. The van der Waals surface area contributed by atoms with Gasteiger partial charge in [0, 0.05) is 0 Å². The van der Waals surface area contributed by atoms with Gasteiger partial charge in [-0.05, 0) is 24.1 Å². The highest BCUT2D eigenvalue weighted by molar-refractivity contribution is 5.76. The van der Waals surface area contributed by atoms with Gasteiger partial charge in [-0.2, -0.15) is 5.26 Å². The maximum atomic E-state index is 10.8. The van der Waals surface area contributed by atoms with E-state index in [1.165, 1.54) is 0 Å². The Labute approximate surface area is 82.6 Å². The summed E-state index contributed by atoms with van der Waals surface area (Å²) in [5.74, 6) is -1.36. The van der Waals surface area contributed by atoms with Crippen LogP contribution < -0.4 is 0 Å². The van der Waals surface area contributed by atoms with Crippen LogP contribution in [0, 0.1) is 11.3 Å². The lowest BCUT2D eigenvalue weighted by Crippen LogP contribution is -2.10. The minimum atomic E-state index is -0.845. The van der Waals surface area contributed by atoms with Crippen LogP contribution in [0.15, 0.2) is 24.3 Å². The van der Waals surface area contributed by atoms with Gasteiger partial charge in [-0.1, -0.05) is 19.1 Å². The summed E-state index contributed by atoms with van der Waals surface area (Å²) in [4.78, 5) is 10.8. The van der Waals surface area contributed by atoms with Gasteiger partial charge >= 0.3 is 5.97 Å². The highest BCUT2D eigenvalue weighted by atomic mass is 16.4. The largest absolute Gasteiger partial charge is 0.481 e. The molecule has 14 heavy (non-hydrogen) atoms. The summed E-state index contributed by atoms with van der Waals surface area (Å²) >= 11 is 0. The normalized spacial score (nSPS) is 11.7. The quantitative estimate of drug-likeness (QED) is 0.792. The summed E-state index contributed by atoms with van der Waals surface area (Å²) in [6.45, 7) is 1.82. The van der Waals surface area contributed by atoms with Gasteiger partial charge in [0.25, 0.3) is 0 Å². The SMILES string of the molecule is CCC(C(=O)O)c1cccc(C#N)c1. The summed E-state index contributed by atoms with van der Waals surface area (Å²) in [5.41, 5.74) is 1.20. The van der Waals surface area contributed by atoms with Crippen molar-refractivity contribution in [1.82, 2.24) is 0 Å². The third-order valence-corrected chi connectivity index (χ3v) is 2.12. The molecule has 0 aliphatic rings. The molecule has 1 aromatic rings. The second kappa shape index (κ2) is 4.43. The van der Waals surface area contributed by atoms with E-state index in [2.05, 4.69) is 0 Å². The van der Waals surface area contributed by atoms with Gasteiger partial charge in [-0.3, -0.25) is 4.79 Å². The Balaban J connectivity index is 3.05. The highest BCUT2D eigenvalue weighted by Gasteiger charge is 2.17. The minimum absolute atomic E-state index is 0.502. The summed E-state index contributed by atoms with van der Waals surface area (Å²) in [7, 11) is 0. The van der Waals surface area contributed by atoms with Crippen LogP contribution in [0.25, 0.3) is 0 Å². The third kappa shape index (κ3) is 2.11. The van der Waals surface area contributed by atoms with E-state index in [-0.39, 0.29) is 0 Å². The van der Waals surface area contributed by atoms with E-state index < -0.39 is 11.9 Å². The molecule has 1 N–H and O–H groups in total. The lowest BCUT2D eigenvalue weighted by atomic mass is 9.95. The molecular weight excluding hydrogens is 178 g/mol. The van der Waals surface area contributed by atoms with Gasteiger partial charge in [0.2, 0.25) is 0 Å².